The molecule has 3 rings (SSSR count). The Balaban J connectivity index is 1.63. The molecule has 1 atom stereocenters. The number of aliphatic hydroxyl groups excluding tert-OH is 1. The lowest BCUT2D eigenvalue weighted by Crippen LogP contribution is -1.98. The van der Waals surface area contributed by atoms with Crippen LogP contribution in [0.3, 0.4) is 0 Å². The largest absolute Gasteiger partial charge is 0.497 e. The van der Waals surface area contributed by atoms with E-state index in [1.807, 2.05) is 55.5 Å². The molecule has 0 fully saturated rings. The maximum atomic E-state index is 9.79. The summed E-state index contributed by atoms with van der Waals surface area (Å²) in [5.41, 5.74) is 1.68. The molecule has 0 aliphatic carbocycles. The van der Waals surface area contributed by atoms with Crippen LogP contribution in [0.1, 0.15) is 30.9 Å². The number of hydrogen-bond donors (Lipinski definition) is 1. The Morgan fingerprint density at radius 1 is 1.12 bits per heavy atom. The number of ether oxygens (including phenoxy) is 2. The molecule has 0 amide bonds. The van der Waals surface area contributed by atoms with Crippen LogP contribution in [0, 0.1) is 0 Å². The lowest BCUT2D eigenvalue weighted by molar-refractivity contribution is 0.173. The van der Waals surface area contributed by atoms with Crippen molar-refractivity contribution in [1.29, 1.82) is 0 Å². The highest BCUT2D eigenvalue weighted by atomic mass is 16.5. The average molecular weight is 340 g/mol. The van der Waals surface area contributed by atoms with Crippen LogP contribution in [0.15, 0.2) is 53.1 Å². The van der Waals surface area contributed by atoms with E-state index in [1.54, 1.807) is 7.11 Å². The van der Waals surface area contributed by atoms with E-state index in [4.69, 9.17) is 14.0 Å². The quantitative estimate of drug-likeness (QED) is 0.705. The molecule has 0 aliphatic heterocycles. The van der Waals surface area contributed by atoms with E-state index in [1.165, 1.54) is 0 Å². The van der Waals surface area contributed by atoms with Crippen LogP contribution in [-0.4, -0.2) is 22.4 Å². The molecule has 2 aromatic carbocycles. The van der Waals surface area contributed by atoms with Gasteiger partial charge < -0.3 is 19.1 Å². The number of aliphatic hydroxyl groups is 1. The molecule has 3 aromatic rings. The molecule has 130 valence electrons. The van der Waals surface area contributed by atoms with E-state index in [0.717, 1.165) is 16.9 Å². The first kappa shape index (κ1) is 17.0. The number of rotatable bonds is 7. The zero-order valence-corrected chi connectivity index (χ0v) is 14.2. The molecule has 6 nitrogen and oxygen atoms in total. The summed E-state index contributed by atoms with van der Waals surface area (Å²) >= 11 is 0. The minimum absolute atomic E-state index is 0.173. The van der Waals surface area contributed by atoms with E-state index >= 15 is 0 Å². The Morgan fingerprint density at radius 2 is 1.92 bits per heavy atom. The van der Waals surface area contributed by atoms with Gasteiger partial charge in [0, 0.05) is 5.56 Å². The van der Waals surface area contributed by atoms with E-state index in [9.17, 15) is 5.11 Å². The molecule has 0 spiro atoms. The Hall–Kier alpha value is -2.86. The molecule has 0 radical (unpaired) electrons. The summed E-state index contributed by atoms with van der Waals surface area (Å²) in [6.45, 7) is 2.11. The SMILES string of the molecule is CCC(O)c1ccc(OCc2nc(-c3cccc(OC)c3)no2)cc1. The van der Waals surface area contributed by atoms with Gasteiger partial charge in [-0.15, -0.1) is 0 Å². The van der Waals surface area contributed by atoms with Crippen molar-refractivity contribution in [2.75, 3.05) is 7.11 Å². The van der Waals surface area contributed by atoms with E-state index in [-0.39, 0.29) is 6.61 Å². The summed E-state index contributed by atoms with van der Waals surface area (Å²) in [6.07, 6.45) is 0.227. The Morgan fingerprint density at radius 3 is 2.64 bits per heavy atom. The molecule has 1 N–H and O–H groups in total. The van der Waals surface area contributed by atoms with Crippen molar-refractivity contribution in [3.05, 3.63) is 60.0 Å². The minimum atomic E-state index is -0.449. The van der Waals surface area contributed by atoms with Gasteiger partial charge in [-0.3, -0.25) is 0 Å². The van der Waals surface area contributed by atoms with Crippen LogP contribution in [0.5, 0.6) is 11.5 Å². The van der Waals surface area contributed by atoms with Crippen molar-refractivity contribution in [2.45, 2.75) is 26.1 Å². The van der Waals surface area contributed by atoms with Crippen LogP contribution in [0.4, 0.5) is 0 Å². The number of benzene rings is 2. The van der Waals surface area contributed by atoms with E-state index < -0.39 is 6.10 Å². The zero-order chi connectivity index (χ0) is 17.6. The highest BCUT2D eigenvalue weighted by molar-refractivity contribution is 5.56. The van der Waals surface area contributed by atoms with Crippen molar-refractivity contribution in [1.82, 2.24) is 10.1 Å². The molecule has 1 heterocycles. The molecule has 1 unspecified atom stereocenters. The standard InChI is InChI=1S/C19H20N2O4/c1-3-17(22)13-7-9-15(10-8-13)24-12-18-20-19(21-25-18)14-5-4-6-16(11-14)23-2/h4-11,17,22H,3,12H2,1-2H3. The number of hydrogen-bond acceptors (Lipinski definition) is 6. The first-order chi connectivity index (χ1) is 12.2. The number of methoxy groups -OCH3 is 1. The van der Waals surface area contributed by atoms with Gasteiger partial charge >= 0.3 is 0 Å². The van der Waals surface area contributed by atoms with Crippen molar-refractivity contribution in [3.8, 4) is 22.9 Å². The fourth-order valence-corrected chi connectivity index (χ4v) is 2.36. The number of nitrogens with zero attached hydrogens (tertiary/aromatic N) is 2. The van der Waals surface area contributed by atoms with Gasteiger partial charge in [0.2, 0.25) is 5.82 Å². The minimum Gasteiger partial charge on any atom is -0.497 e. The average Bonchev–Trinajstić information content (AvgIpc) is 3.15. The second-order valence-corrected chi connectivity index (χ2v) is 5.53. The third-order valence-electron chi connectivity index (χ3n) is 3.81. The normalized spacial score (nSPS) is 12.0. The van der Waals surface area contributed by atoms with Crippen LogP contribution < -0.4 is 9.47 Å². The highest BCUT2D eigenvalue weighted by Gasteiger charge is 2.10. The first-order valence-electron chi connectivity index (χ1n) is 8.07. The highest BCUT2D eigenvalue weighted by Crippen LogP contribution is 2.23. The van der Waals surface area contributed by atoms with Crippen LogP contribution in [0.25, 0.3) is 11.4 Å². The third kappa shape index (κ3) is 4.16. The fraction of sp³-hybridized carbons (Fsp3) is 0.263. The fourth-order valence-electron chi connectivity index (χ4n) is 2.36. The summed E-state index contributed by atoms with van der Waals surface area (Å²) in [5.74, 6) is 2.28. The summed E-state index contributed by atoms with van der Waals surface area (Å²) in [4.78, 5) is 4.33. The van der Waals surface area contributed by atoms with E-state index in [2.05, 4.69) is 10.1 Å². The zero-order valence-electron chi connectivity index (χ0n) is 14.2. The van der Waals surface area contributed by atoms with Gasteiger partial charge in [-0.05, 0) is 36.2 Å². The van der Waals surface area contributed by atoms with Gasteiger partial charge in [0.1, 0.15) is 11.5 Å². The molecule has 6 heteroatoms. The maximum absolute atomic E-state index is 9.79. The second-order valence-electron chi connectivity index (χ2n) is 5.53. The molecule has 1 aromatic heterocycles. The lowest BCUT2D eigenvalue weighted by atomic mass is 10.1. The molecule has 0 aliphatic rings. The first-order valence-corrected chi connectivity index (χ1v) is 8.07. The van der Waals surface area contributed by atoms with Gasteiger partial charge in [0.15, 0.2) is 6.61 Å². The predicted octanol–water partition coefficient (Wildman–Crippen LogP) is 3.77. The maximum Gasteiger partial charge on any atom is 0.264 e. The molecule has 0 bridgehead atoms. The Labute approximate surface area is 146 Å². The van der Waals surface area contributed by atoms with Gasteiger partial charge in [-0.2, -0.15) is 4.98 Å². The summed E-state index contributed by atoms with van der Waals surface area (Å²) in [5, 5.41) is 13.8. The summed E-state index contributed by atoms with van der Waals surface area (Å²) in [6, 6.07) is 14.8. The van der Waals surface area contributed by atoms with Crippen molar-refractivity contribution in [3.63, 3.8) is 0 Å². The molecular weight excluding hydrogens is 320 g/mol. The van der Waals surface area contributed by atoms with Crippen molar-refractivity contribution in [2.24, 2.45) is 0 Å². The second kappa shape index (κ2) is 7.81. The van der Waals surface area contributed by atoms with Gasteiger partial charge in [0.05, 0.1) is 13.2 Å². The lowest BCUT2D eigenvalue weighted by Gasteiger charge is -2.09. The topological polar surface area (TPSA) is 77.6 Å². The predicted molar refractivity (Wildman–Crippen MR) is 92.3 cm³/mol. The monoisotopic (exact) mass is 340 g/mol. The van der Waals surface area contributed by atoms with E-state index in [0.29, 0.717) is 23.9 Å². The van der Waals surface area contributed by atoms with Gasteiger partial charge in [0.25, 0.3) is 5.89 Å². The van der Waals surface area contributed by atoms with Crippen molar-refractivity contribution < 1.29 is 19.1 Å². The smallest absolute Gasteiger partial charge is 0.264 e. The Bertz CT molecular complexity index is 814. The third-order valence-corrected chi connectivity index (χ3v) is 3.81. The number of aromatic nitrogens is 2. The van der Waals surface area contributed by atoms with Crippen LogP contribution in [-0.2, 0) is 6.61 Å². The van der Waals surface area contributed by atoms with Gasteiger partial charge in [-0.1, -0.05) is 36.3 Å². The molecule has 25 heavy (non-hydrogen) atoms. The summed E-state index contributed by atoms with van der Waals surface area (Å²) in [7, 11) is 1.61. The van der Waals surface area contributed by atoms with Crippen LogP contribution >= 0.6 is 0 Å². The summed E-state index contributed by atoms with van der Waals surface area (Å²) < 4.78 is 16.1. The van der Waals surface area contributed by atoms with Crippen LogP contribution in [0.2, 0.25) is 0 Å². The molecule has 0 saturated carbocycles. The molecule has 0 saturated heterocycles. The van der Waals surface area contributed by atoms with Gasteiger partial charge in [-0.25, -0.2) is 0 Å². The molecular formula is C19H20N2O4. The Kier molecular flexibility index (Phi) is 5.30. The van der Waals surface area contributed by atoms with Crippen molar-refractivity contribution >= 4 is 0 Å².